The lowest BCUT2D eigenvalue weighted by molar-refractivity contribution is 1.75. The van der Waals surface area contributed by atoms with E-state index < -0.39 is 0 Å². The highest BCUT2D eigenvalue weighted by Gasteiger charge is 2.17. The van der Waals surface area contributed by atoms with Gasteiger partial charge in [-0.05, 0) is 78.1 Å². The Morgan fingerprint density at radius 3 is 1.38 bits per heavy atom. The molecule has 0 saturated heterocycles. The average Bonchev–Trinajstić information content (AvgIpc) is 2.59. The lowest BCUT2D eigenvalue weighted by Crippen LogP contribution is -1.90. The van der Waals surface area contributed by atoms with E-state index in [0.29, 0.717) is 0 Å². The van der Waals surface area contributed by atoms with Gasteiger partial charge in [-0.15, -0.1) is 0 Å². The number of rotatable bonds is 0. The Morgan fingerprint density at radius 2 is 0.917 bits per heavy atom. The first-order chi connectivity index (χ1) is 11.7. The maximum Gasteiger partial charge on any atom is 0.0260 e. The van der Waals surface area contributed by atoms with Crippen molar-refractivity contribution in [3.63, 3.8) is 0 Å². The Hall–Kier alpha value is -1.90. The van der Waals surface area contributed by atoms with Crippen molar-refractivity contribution in [2.75, 3.05) is 0 Å². The fourth-order valence-electron chi connectivity index (χ4n) is 4.30. The molecule has 0 N–H and O–H groups in total. The van der Waals surface area contributed by atoms with Crippen LogP contribution in [0.2, 0.25) is 0 Å². The minimum atomic E-state index is 1.17. The fraction of sp³-hybridized carbons (Fsp3) is 0. The van der Waals surface area contributed by atoms with Crippen molar-refractivity contribution in [3.8, 4) is 0 Å². The fourth-order valence-corrected chi connectivity index (χ4v) is 5.45. The molecule has 0 radical (unpaired) electrons. The highest BCUT2D eigenvalue weighted by atomic mass is 79.9. The molecule has 0 unspecified atom stereocenters. The Labute approximate surface area is 155 Å². The molecule has 0 nitrogen and oxygen atoms in total. The van der Waals surface area contributed by atoms with E-state index in [1.165, 1.54) is 62.8 Å². The monoisotopic (exact) mass is 432 g/mol. The molecular formula is C22H10Br2. The third kappa shape index (κ3) is 1.49. The second kappa shape index (κ2) is 4.38. The zero-order chi connectivity index (χ0) is 16.0. The van der Waals surface area contributed by atoms with Crippen LogP contribution in [0.25, 0.3) is 53.9 Å². The summed E-state index contributed by atoms with van der Waals surface area (Å²) in [7, 11) is 0. The molecule has 0 amide bonds. The summed E-state index contributed by atoms with van der Waals surface area (Å²) in [5.74, 6) is 0. The van der Waals surface area contributed by atoms with Gasteiger partial charge >= 0.3 is 0 Å². The van der Waals surface area contributed by atoms with Gasteiger partial charge in [0.05, 0.1) is 0 Å². The summed E-state index contributed by atoms with van der Waals surface area (Å²) in [5.41, 5.74) is 0. The van der Waals surface area contributed by atoms with Crippen LogP contribution < -0.4 is 0 Å². The summed E-state index contributed by atoms with van der Waals surface area (Å²) in [5, 5.41) is 13.3. The van der Waals surface area contributed by atoms with Crippen LogP contribution in [0.15, 0.2) is 69.6 Å². The average molecular weight is 434 g/mol. The lowest BCUT2D eigenvalue weighted by Gasteiger charge is -2.18. The second-order valence-corrected chi connectivity index (χ2v) is 8.18. The molecule has 0 aliphatic rings. The molecule has 6 aromatic rings. The van der Waals surface area contributed by atoms with Crippen LogP contribution in [0.3, 0.4) is 0 Å². The van der Waals surface area contributed by atoms with Gasteiger partial charge in [0, 0.05) is 8.95 Å². The van der Waals surface area contributed by atoms with Crippen molar-refractivity contribution in [1.82, 2.24) is 0 Å². The summed E-state index contributed by atoms with van der Waals surface area (Å²) in [6.07, 6.45) is 0. The summed E-state index contributed by atoms with van der Waals surface area (Å²) >= 11 is 7.56. The van der Waals surface area contributed by atoms with E-state index in [4.69, 9.17) is 0 Å². The highest BCUT2D eigenvalue weighted by molar-refractivity contribution is 9.11. The van der Waals surface area contributed by atoms with Gasteiger partial charge in [-0.2, -0.15) is 0 Å². The summed E-state index contributed by atoms with van der Waals surface area (Å²) in [4.78, 5) is 0. The van der Waals surface area contributed by atoms with Crippen LogP contribution in [0, 0.1) is 0 Å². The number of hydrogen-bond donors (Lipinski definition) is 0. The van der Waals surface area contributed by atoms with Crippen molar-refractivity contribution in [3.05, 3.63) is 69.6 Å². The molecule has 0 aliphatic carbocycles. The van der Waals surface area contributed by atoms with Gasteiger partial charge in [0.15, 0.2) is 0 Å². The van der Waals surface area contributed by atoms with Crippen LogP contribution in [0.1, 0.15) is 0 Å². The van der Waals surface area contributed by atoms with Gasteiger partial charge in [-0.3, -0.25) is 0 Å². The van der Waals surface area contributed by atoms with Crippen molar-refractivity contribution >= 4 is 85.7 Å². The van der Waals surface area contributed by atoms with Crippen molar-refractivity contribution in [2.45, 2.75) is 0 Å². The number of benzene rings is 6. The molecule has 2 heteroatoms. The molecular weight excluding hydrogens is 424 g/mol. The third-order valence-corrected chi connectivity index (χ3v) is 6.53. The van der Waals surface area contributed by atoms with Crippen molar-refractivity contribution in [1.29, 1.82) is 0 Å². The molecule has 0 saturated carbocycles. The van der Waals surface area contributed by atoms with Crippen LogP contribution in [-0.4, -0.2) is 0 Å². The Morgan fingerprint density at radius 1 is 0.458 bits per heavy atom. The van der Waals surface area contributed by atoms with Gasteiger partial charge in [-0.25, -0.2) is 0 Å². The minimum Gasteiger partial charge on any atom is -0.0610 e. The molecule has 0 aromatic heterocycles. The van der Waals surface area contributed by atoms with E-state index in [1.807, 2.05) is 0 Å². The molecule has 112 valence electrons. The van der Waals surface area contributed by atoms with Gasteiger partial charge in [0.25, 0.3) is 0 Å². The largest absolute Gasteiger partial charge is 0.0610 e. The van der Waals surface area contributed by atoms with Crippen LogP contribution in [0.5, 0.6) is 0 Å². The van der Waals surface area contributed by atoms with E-state index in [-0.39, 0.29) is 0 Å². The van der Waals surface area contributed by atoms with E-state index in [9.17, 15) is 0 Å². The highest BCUT2D eigenvalue weighted by Crippen LogP contribution is 2.46. The van der Waals surface area contributed by atoms with Gasteiger partial charge in [-0.1, -0.05) is 68.3 Å². The molecule has 0 bridgehead atoms. The van der Waals surface area contributed by atoms with Gasteiger partial charge in [0.1, 0.15) is 0 Å². The first kappa shape index (κ1) is 13.4. The molecule has 0 aliphatic heterocycles. The second-order valence-electron chi connectivity index (χ2n) is 6.47. The SMILES string of the molecule is Brc1cc2cc3cccc4c(Br)cc5cc6cccc1c6c2c5c34. The standard InChI is InChI=1S/C22H10Br2/c23-17-9-14-8-12-4-2-6-16-18(24)10-13-7-11-3-1-5-15(17)19(11)21(14)22(13)20(12)16/h1-10H. The predicted molar refractivity (Wildman–Crippen MR) is 112 cm³/mol. The summed E-state index contributed by atoms with van der Waals surface area (Å²) in [6.45, 7) is 0. The van der Waals surface area contributed by atoms with Gasteiger partial charge in [0.2, 0.25) is 0 Å². The maximum absolute atomic E-state index is 3.78. The Balaban J connectivity index is 2.13. The molecule has 24 heavy (non-hydrogen) atoms. The molecule has 6 rings (SSSR count). The third-order valence-electron chi connectivity index (χ3n) is 5.22. The molecule has 0 heterocycles. The molecule has 6 aromatic carbocycles. The zero-order valence-corrected chi connectivity index (χ0v) is 15.7. The molecule has 0 fully saturated rings. The van der Waals surface area contributed by atoms with Crippen LogP contribution in [0.4, 0.5) is 0 Å². The zero-order valence-electron chi connectivity index (χ0n) is 12.5. The molecule has 0 atom stereocenters. The van der Waals surface area contributed by atoms with Crippen LogP contribution >= 0.6 is 31.9 Å². The first-order valence-electron chi connectivity index (χ1n) is 7.93. The molecule has 0 spiro atoms. The van der Waals surface area contributed by atoms with Gasteiger partial charge < -0.3 is 0 Å². The van der Waals surface area contributed by atoms with E-state index in [0.717, 1.165) is 0 Å². The lowest BCUT2D eigenvalue weighted by atomic mass is 9.87. The number of hydrogen-bond acceptors (Lipinski definition) is 0. The normalized spacial score (nSPS) is 12.6. The van der Waals surface area contributed by atoms with Crippen molar-refractivity contribution in [2.24, 2.45) is 0 Å². The van der Waals surface area contributed by atoms with E-state index in [2.05, 4.69) is 92.5 Å². The predicted octanol–water partition coefficient (Wildman–Crippen LogP) is 7.85. The van der Waals surface area contributed by atoms with Crippen molar-refractivity contribution < 1.29 is 0 Å². The quantitative estimate of drug-likeness (QED) is 0.169. The van der Waals surface area contributed by atoms with E-state index in [1.54, 1.807) is 0 Å². The minimum absolute atomic E-state index is 1.17. The Bertz CT molecular complexity index is 1300. The smallest absolute Gasteiger partial charge is 0.0260 e. The Kier molecular flexibility index (Phi) is 2.45. The van der Waals surface area contributed by atoms with E-state index >= 15 is 0 Å². The summed E-state index contributed by atoms with van der Waals surface area (Å²) < 4.78 is 2.33. The topological polar surface area (TPSA) is 0 Å². The van der Waals surface area contributed by atoms with Crippen LogP contribution in [-0.2, 0) is 0 Å². The first-order valence-corrected chi connectivity index (χ1v) is 9.51. The maximum atomic E-state index is 3.78. The number of halogens is 2. The summed E-state index contributed by atoms with van der Waals surface area (Å²) in [6, 6.07) is 22.3.